The van der Waals surface area contributed by atoms with E-state index >= 15 is 0 Å². The summed E-state index contributed by atoms with van der Waals surface area (Å²) in [5, 5.41) is 14.7. The molecule has 0 unspecified atom stereocenters. The van der Waals surface area contributed by atoms with Crippen LogP contribution in [0, 0.1) is 0 Å². The van der Waals surface area contributed by atoms with Crippen LogP contribution in [0.25, 0.3) is 11.3 Å². The molecular formula is C22H23N5O3. The molecule has 4 rings (SSSR count). The topological polar surface area (TPSA) is 101 Å². The third kappa shape index (κ3) is 5.30. The number of nitrogens with zero attached hydrogens (tertiary/aromatic N) is 4. The van der Waals surface area contributed by atoms with Crippen molar-refractivity contribution >= 4 is 5.78 Å². The van der Waals surface area contributed by atoms with Crippen molar-refractivity contribution in [1.82, 2.24) is 25.4 Å². The van der Waals surface area contributed by atoms with Crippen LogP contribution in [0.4, 0.5) is 0 Å². The van der Waals surface area contributed by atoms with Crippen LogP contribution in [0.3, 0.4) is 0 Å². The maximum Gasteiger partial charge on any atom is 0.180 e. The first kappa shape index (κ1) is 19.8. The van der Waals surface area contributed by atoms with Crippen LogP contribution >= 0.6 is 0 Å². The second kappa shape index (κ2) is 9.80. The number of hydrogen-bond donors (Lipinski definition) is 1. The van der Waals surface area contributed by atoms with Crippen molar-refractivity contribution < 1.29 is 13.8 Å². The average Bonchev–Trinajstić information content (AvgIpc) is 3.54. The van der Waals surface area contributed by atoms with Crippen molar-refractivity contribution in [3.8, 4) is 11.3 Å². The zero-order valence-electron chi connectivity index (χ0n) is 16.5. The largest absolute Gasteiger partial charge is 0.364 e. The Morgan fingerprint density at radius 3 is 2.30 bits per heavy atom. The van der Waals surface area contributed by atoms with Gasteiger partial charge in [-0.2, -0.15) is 5.10 Å². The monoisotopic (exact) mass is 405 g/mol. The fourth-order valence-electron chi connectivity index (χ4n) is 3.32. The summed E-state index contributed by atoms with van der Waals surface area (Å²) in [6.45, 7) is 2.26. The first-order chi connectivity index (χ1) is 14.8. The minimum absolute atomic E-state index is 0.0781. The van der Waals surface area contributed by atoms with E-state index < -0.39 is 0 Å². The van der Waals surface area contributed by atoms with Crippen molar-refractivity contribution in [2.75, 3.05) is 6.54 Å². The number of benzene rings is 1. The molecule has 0 atom stereocenters. The molecule has 1 aromatic carbocycles. The Hall–Kier alpha value is -3.52. The molecule has 1 N–H and O–H groups in total. The quantitative estimate of drug-likeness (QED) is 0.296. The summed E-state index contributed by atoms with van der Waals surface area (Å²) in [7, 11) is 0. The van der Waals surface area contributed by atoms with Crippen molar-refractivity contribution in [3.05, 3.63) is 78.1 Å². The minimum Gasteiger partial charge on any atom is -0.364 e. The fourth-order valence-corrected chi connectivity index (χ4v) is 3.32. The van der Waals surface area contributed by atoms with Crippen LogP contribution in [-0.2, 0) is 13.1 Å². The van der Waals surface area contributed by atoms with E-state index in [0.717, 1.165) is 41.8 Å². The molecule has 0 bridgehead atoms. The molecule has 154 valence electrons. The van der Waals surface area contributed by atoms with Crippen LogP contribution in [-0.4, -0.2) is 37.7 Å². The number of H-pyrrole nitrogens is 1. The Morgan fingerprint density at radius 1 is 0.967 bits per heavy atom. The molecule has 0 saturated carbocycles. The Labute approximate surface area is 173 Å². The molecule has 0 aliphatic heterocycles. The number of aromatic nitrogens is 4. The minimum atomic E-state index is 0.0781. The molecule has 3 heterocycles. The van der Waals surface area contributed by atoms with Gasteiger partial charge in [-0.05, 0) is 25.5 Å². The lowest BCUT2D eigenvalue weighted by atomic mass is 10.1. The van der Waals surface area contributed by atoms with E-state index in [4.69, 9.17) is 9.05 Å². The van der Waals surface area contributed by atoms with E-state index in [9.17, 15) is 4.79 Å². The highest BCUT2D eigenvalue weighted by atomic mass is 16.5. The summed E-state index contributed by atoms with van der Waals surface area (Å²) in [6, 6.07) is 11.6. The molecule has 4 aromatic rings. The van der Waals surface area contributed by atoms with Crippen LogP contribution in [0.1, 0.15) is 40.9 Å². The number of carbonyl (C=O) groups excluding carboxylic acids is 1. The van der Waals surface area contributed by atoms with E-state index in [1.54, 1.807) is 24.9 Å². The van der Waals surface area contributed by atoms with Gasteiger partial charge in [0.05, 0.1) is 18.1 Å². The molecule has 8 heteroatoms. The second-order valence-corrected chi connectivity index (χ2v) is 7.19. The highest BCUT2D eigenvalue weighted by Gasteiger charge is 2.13. The van der Waals surface area contributed by atoms with Gasteiger partial charge in [0, 0.05) is 36.2 Å². The number of rotatable bonds is 11. The molecule has 0 aliphatic rings. The lowest BCUT2D eigenvalue weighted by molar-refractivity contribution is 0.0972. The van der Waals surface area contributed by atoms with Gasteiger partial charge >= 0.3 is 0 Å². The van der Waals surface area contributed by atoms with Gasteiger partial charge in [-0.25, -0.2) is 0 Å². The zero-order valence-corrected chi connectivity index (χ0v) is 16.5. The van der Waals surface area contributed by atoms with Crippen LogP contribution in [0.15, 0.2) is 70.4 Å². The van der Waals surface area contributed by atoms with Crippen molar-refractivity contribution in [2.45, 2.75) is 32.4 Å². The van der Waals surface area contributed by atoms with Gasteiger partial charge in [-0.1, -0.05) is 40.6 Å². The van der Waals surface area contributed by atoms with E-state index in [2.05, 4.69) is 25.4 Å². The molecule has 0 saturated heterocycles. The van der Waals surface area contributed by atoms with E-state index in [-0.39, 0.29) is 5.78 Å². The molecule has 0 amide bonds. The predicted molar refractivity (Wildman–Crippen MR) is 109 cm³/mol. The number of aromatic amines is 1. The van der Waals surface area contributed by atoms with Crippen molar-refractivity contribution in [1.29, 1.82) is 0 Å². The van der Waals surface area contributed by atoms with E-state index in [1.807, 2.05) is 36.4 Å². The van der Waals surface area contributed by atoms with Gasteiger partial charge in [0.25, 0.3) is 0 Å². The van der Waals surface area contributed by atoms with Gasteiger partial charge < -0.3 is 9.05 Å². The number of unbranched alkanes of at least 4 members (excludes halogenated alkanes) is 1. The third-order valence-corrected chi connectivity index (χ3v) is 4.86. The average molecular weight is 405 g/mol. The highest BCUT2D eigenvalue weighted by molar-refractivity contribution is 5.95. The molecule has 30 heavy (non-hydrogen) atoms. The molecule has 8 nitrogen and oxygen atoms in total. The number of carbonyl (C=O) groups is 1. The molecule has 0 spiro atoms. The van der Waals surface area contributed by atoms with Crippen LogP contribution in [0.2, 0.25) is 0 Å². The maximum atomic E-state index is 12.5. The maximum absolute atomic E-state index is 12.5. The lowest BCUT2D eigenvalue weighted by Gasteiger charge is -2.20. The Morgan fingerprint density at radius 2 is 1.67 bits per heavy atom. The smallest absolute Gasteiger partial charge is 0.180 e. The summed E-state index contributed by atoms with van der Waals surface area (Å²) < 4.78 is 9.86. The van der Waals surface area contributed by atoms with Gasteiger partial charge in [-0.15, -0.1) is 0 Å². The molecule has 0 fully saturated rings. The van der Waals surface area contributed by atoms with E-state index in [1.165, 1.54) is 0 Å². The van der Waals surface area contributed by atoms with Crippen molar-refractivity contribution in [3.63, 3.8) is 0 Å². The van der Waals surface area contributed by atoms with Crippen LogP contribution < -0.4 is 0 Å². The van der Waals surface area contributed by atoms with Crippen molar-refractivity contribution in [2.24, 2.45) is 0 Å². The Balaban J connectivity index is 1.27. The number of ketones is 1. The zero-order chi connectivity index (χ0) is 20.6. The summed E-state index contributed by atoms with van der Waals surface area (Å²) in [5.74, 6) is 0.0781. The van der Waals surface area contributed by atoms with E-state index in [0.29, 0.717) is 25.2 Å². The highest BCUT2D eigenvalue weighted by Crippen LogP contribution is 2.18. The van der Waals surface area contributed by atoms with Crippen LogP contribution in [0.5, 0.6) is 0 Å². The predicted octanol–water partition coefficient (Wildman–Crippen LogP) is 4.11. The van der Waals surface area contributed by atoms with Gasteiger partial charge in [0.15, 0.2) is 5.78 Å². The normalized spacial score (nSPS) is 11.2. The van der Waals surface area contributed by atoms with Gasteiger partial charge in [-0.3, -0.25) is 14.8 Å². The summed E-state index contributed by atoms with van der Waals surface area (Å²) >= 11 is 0. The third-order valence-electron chi connectivity index (χ3n) is 4.86. The second-order valence-electron chi connectivity index (χ2n) is 7.19. The number of hydrogen-bond acceptors (Lipinski definition) is 7. The van der Waals surface area contributed by atoms with Gasteiger partial charge in [0.1, 0.15) is 18.2 Å². The standard InChI is InChI=1S/C22H23N5O3/c28-22(21-10-20(25-26-21)19-6-2-1-3-7-19)8-4-5-9-27(13-17-11-23-29-15-17)14-18-12-24-30-16-18/h1-3,6-7,10-12,15-16H,4-5,8-9,13-14H2,(H,25,26). The Bertz CT molecular complexity index is 990. The molecule has 0 radical (unpaired) electrons. The fraction of sp³-hybridized carbons (Fsp3) is 0.273. The first-order valence-corrected chi connectivity index (χ1v) is 9.91. The molecule has 0 aliphatic carbocycles. The lowest BCUT2D eigenvalue weighted by Crippen LogP contribution is -2.23. The number of Topliss-reactive ketones (excluding diaryl/α,β-unsaturated/α-hetero) is 1. The summed E-state index contributed by atoms with van der Waals surface area (Å²) in [4.78, 5) is 14.8. The molecule has 3 aromatic heterocycles. The number of nitrogens with one attached hydrogen (secondary N) is 1. The first-order valence-electron chi connectivity index (χ1n) is 9.91. The SMILES string of the molecule is O=C(CCCCN(Cc1cnoc1)Cc1cnoc1)c1cc(-c2ccccc2)n[nH]1. The summed E-state index contributed by atoms with van der Waals surface area (Å²) in [5.41, 5.74) is 4.35. The Kier molecular flexibility index (Phi) is 6.46. The van der Waals surface area contributed by atoms with Gasteiger partial charge in [0.2, 0.25) is 0 Å². The summed E-state index contributed by atoms with van der Waals surface area (Å²) in [6.07, 6.45) is 8.88. The molecular weight excluding hydrogens is 382 g/mol.